The monoisotopic (exact) mass is 235 g/mol. The van der Waals surface area contributed by atoms with Crippen LogP contribution in [0.15, 0.2) is 12.1 Å². The van der Waals surface area contributed by atoms with Crippen molar-refractivity contribution in [1.29, 1.82) is 0 Å². The normalized spacial score (nSPS) is 10.3. The van der Waals surface area contributed by atoms with E-state index in [1.807, 2.05) is 0 Å². The Kier molecular flexibility index (Phi) is 6.45. The van der Waals surface area contributed by atoms with E-state index in [4.69, 9.17) is 0 Å². The maximum Gasteiger partial charge on any atom is 0.128 e. The number of unbranched alkanes of at least 4 members (excludes halogenated alkanes) is 2. The first-order valence-electron chi connectivity index (χ1n) is 6.72. The quantitative estimate of drug-likeness (QED) is 0.673. The van der Waals surface area contributed by atoms with Crippen LogP contribution in [-0.2, 0) is 0 Å². The largest absolute Gasteiger partial charge is 0.370 e. The maximum absolute atomic E-state index is 4.55. The highest BCUT2D eigenvalue weighted by atomic mass is 15.1. The zero-order valence-corrected chi connectivity index (χ0v) is 11.3. The van der Waals surface area contributed by atoms with Crippen molar-refractivity contribution in [2.45, 2.75) is 46.5 Å². The first-order chi connectivity index (χ1) is 8.26. The molecule has 0 atom stereocenters. The zero-order chi connectivity index (χ0) is 12.5. The second-order valence-electron chi connectivity index (χ2n) is 4.48. The van der Waals surface area contributed by atoms with Gasteiger partial charge in [-0.05, 0) is 37.5 Å². The van der Waals surface area contributed by atoms with Crippen LogP contribution in [0.3, 0.4) is 0 Å². The van der Waals surface area contributed by atoms with Crippen LogP contribution in [0.5, 0.6) is 0 Å². The number of nitrogens with one attached hydrogen (secondary N) is 2. The van der Waals surface area contributed by atoms with E-state index < -0.39 is 0 Å². The molecule has 3 heteroatoms. The molecule has 0 saturated carbocycles. The minimum Gasteiger partial charge on any atom is -0.370 e. The molecule has 0 amide bonds. The van der Waals surface area contributed by atoms with Crippen molar-refractivity contribution in [1.82, 2.24) is 4.98 Å². The number of pyridine rings is 1. The molecule has 0 saturated heterocycles. The SMILES string of the molecule is CCCCNc1cc(C)cc(NCCCC)n1. The molecule has 0 spiro atoms. The van der Waals surface area contributed by atoms with Gasteiger partial charge in [0.2, 0.25) is 0 Å². The van der Waals surface area contributed by atoms with Crippen LogP contribution in [0.2, 0.25) is 0 Å². The minimum atomic E-state index is 0.984. The molecule has 96 valence electrons. The van der Waals surface area contributed by atoms with Crippen LogP contribution in [0.4, 0.5) is 11.6 Å². The molecule has 0 aliphatic rings. The van der Waals surface area contributed by atoms with E-state index >= 15 is 0 Å². The van der Waals surface area contributed by atoms with Crippen molar-refractivity contribution < 1.29 is 0 Å². The number of aromatic nitrogens is 1. The van der Waals surface area contributed by atoms with Gasteiger partial charge < -0.3 is 10.6 Å². The van der Waals surface area contributed by atoms with Crippen LogP contribution >= 0.6 is 0 Å². The van der Waals surface area contributed by atoms with Gasteiger partial charge in [0, 0.05) is 13.1 Å². The van der Waals surface area contributed by atoms with Gasteiger partial charge in [-0.1, -0.05) is 26.7 Å². The Morgan fingerprint density at radius 3 is 1.82 bits per heavy atom. The van der Waals surface area contributed by atoms with Gasteiger partial charge in [-0.2, -0.15) is 0 Å². The summed E-state index contributed by atoms with van der Waals surface area (Å²) in [6, 6.07) is 4.20. The van der Waals surface area contributed by atoms with E-state index in [-0.39, 0.29) is 0 Å². The molecule has 0 fully saturated rings. The summed E-state index contributed by atoms with van der Waals surface area (Å²) in [5.41, 5.74) is 1.25. The lowest BCUT2D eigenvalue weighted by atomic mass is 10.2. The molecule has 0 aliphatic heterocycles. The molecular weight excluding hydrogens is 210 g/mol. The first kappa shape index (κ1) is 13.8. The summed E-state index contributed by atoms with van der Waals surface area (Å²) in [6.45, 7) is 8.51. The van der Waals surface area contributed by atoms with Gasteiger partial charge in [0.05, 0.1) is 0 Å². The summed E-state index contributed by atoms with van der Waals surface area (Å²) in [5.74, 6) is 1.97. The molecule has 0 aliphatic carbocycles. The number of aryl methyl sites for hydroxylation is 1. The van der Waals surface area contributed by atoms with Crippen LogP contribution in [0.1, 0.15) is 45.1 Å². The van der Waals surface area contributed by atoms with Gasteiger partial charge >= 0.3 is 0 Å². The maximum atomic E-state index is 4.55. The van der Waals surface area contributed by atoms with Crippen molar-refractivity contribution in [2.24, 2.45) is 0 Å². The number of nitrogens with zero attached hydrogens (tertiary/aromatic N) is 1. The number of hydrogen-bond acceptors (Lipinski definition) is 3. The molecule has 0 unspecified atom stereocenters. The zero-order valence-electron chi connectivity index (χ0n) is 11.3. The third-order valence-corrected chi connectivity index (χ3v) is 2.64. The lowest BCUT2D eigenvalue weighted by Crippen LogP contribution is -2.07. The summed E-state index contributed by atoms with van der Waals surface area (Å²) in [4.78, 5) is 4.55. The molecular formula is C14H25N3. The Bertz CT molecular complexity index is 295. The smallest absolute Gasteiger partial charge is 0.128 e. The average Bonchev–Trinajstić information content (AvgIpc) is 2.29. The summed E-state index contributed by atoms with van der Waals surface area (Å²) < 4.78 is 0. The van der Waals surface area contributed by atoms with Crippen LogP contribution in [0, 0.1) is 6.92 Å². The Labute approximate surface area is 105 Å². The van der Waals surface area contributed by atoms with Gasteiger partial charge in [-0.15, -0.1) is 0 Å². The van der Waals surface area contributed by atoms with E-state index in [0.29, 0.717) is 0 Å². The second kappa shape index (κ2) is 7.93. The van der Waals surface area contributed by atoms with E-state index in [2.05, 4.69) is 48.5 Å². The van der Waals surface area contributed by atoms with E-state index in [9.17, 15) is 0 Å². The fourth-order valence-corrected chi connectivity index (χ4v) is 1.63. The van der Waals surface area contributed by atoms with Crippen molar-refractivity contribution in [2.75, 3.05) is 23.7 Å². The first-order valence-corrected chi connectivity index (χ1v) is 6.72. The number of rotatable bonds is 8. The molecule has 0 radical (unpaired) electrons. The topological polar surface area (TPSA) is 37.0 Å². The Hall–Kier alpha value is -1.25. The Balaban J connectivity index is 2.53. The van der Waals surface area contributed by atoms with Crippen molar-refractivity contribution >= 4 is 11.6 Å². The van der Waals surface area contributed by atoms with Gasteiger partial charge in [0.15, 0.2) is 0 Å². The molecule has 3 nitrogen and oxygen atoms in total. The highest BCUT2D eigenvalue weighted by Crippen LogP contribution is 2.13. The van der Waals surface area contributed by atoms with Crippen LogP contribution < -0.4 is 10.6 Å². The van der Waals surface area contributed by atoms with E-state index in [1.165, 1.54) is 31.2 Å². The molecule has 1 heterocycles. The molecule has 17 heavy (non-hydrogen) atoms. The summed E-state index contributed by atoms with van der Waals surface area (Å²) in [7, 11) is 0. The molecule has 1 rings (SSSR count). The summed E-state index contributed by atoms with van der Waals surface area (Å²) >= 11 is 0. The second-order valence-corrected chi connectivity index (χ2v) is 4.48. The molecule has 0 aromatic carbocycles. The standard InChI is InChI=1S/C14H25N3/c1-4-6-8-15-13-10-12(3)11-14(17-13)16-9-7-5-2/h10-11H,4-9H2,1-3H3,(H2,15,16,17). The highest BCUT2D eigenvalue weighted by molar-refractivity contribution is 5.48. The van der Waals surface area contributed by atoms with E-state index in [1.54, 1.807) is 0 Å². The Morgan fingerprint density at radius 2 is 1.41 bits per heavy atom. The van der Waals surface area contributed by atoms with Crippen molar-refractivity contribution in [3.8, 4) is 0 Å². The molecule has 1 aromatic heterocycles. The predicted octanol–water partition coefficient (Wildman–Crippen LogP) is 3.81. The van der Waals surface area contributed by atoms with Gasteiger partial charge in [0.25, 0.3) is 0 Å². The Morgan fingerprint density at radius 1 is 0.941 bits per heavy atom. The number of anilines is 2. The minimum absolute atomic E-state index is 0.984. The third kappa shape index (κ3) is 5.57. The van der Waals surface area contributed by atoms with Gasteiger partial charge in [0.1, 0.15) is 11.6 Å². The fraction of sp³-hybridized carbons (Fsp3) is 0.643. The van der Waals surface area contributed by atoms with Gasteiger partial charge in [-0.25, -0.2) is 4.98 Å². The van der Waals surface area contributed by atoms with Crippen LogP contribution in [0.25, 0.3) is 0 Å². The number of hydrogen-bond donors (Lipinski definition) is 2. The average molecular weight is 235 g/mol. The lowest BCUT2D eigenvalue weighted by Gasteiger charge is -2.10. The summed E-state index contributed by atoms with van der Waals surface area (Å²) in [5, 5.41) is 6.73. The molecule has 2 N–H and O–H groups in total. The van der Waals surface area contributed by atoms with Gasteiger partial charge in [-0.3, -0.25) is 0 Å². The highest BCUT2D eigenvalue weighted by Gasteiger charge is 1.99. The summed E-state index contributed by atoms with van der Waals surface area (Å²) in [6.07, 6.45) is 4.79. The van der Waals surface area contributed by atoms with Crippen molar-refractivity contribution in [3.63, 3.8) is 0 Å². The third-order valence-electron chi connectivity index (χ3n) is 2.64. The lowest BCUT2D eigenvalue weighted by molar-refractivity contribution is 0.825. The molecule has 1 aromatic rings. The van der Waals surface area contributed by atoms with Crippen molar-refractivity contribution in [3.05, 3.63) is 17.7 Å². The fourth-order valence-electron chi connectivity index (χ4n) is 1.63. The predicted molar refractivity (Wildman–Crippen MR) is 75.8 cm³/mol. The van der Waals surface area contributed by atoms with Crippen LogP contribution in [-0.4, -0.2) is 18.1 Å². The molecule has 0 bridgehead atoms. The van der Waals surface area contributed by atoms with E-state index in [0.717, 1.165) is 24.7 Å².